The van der Waals surface area contributed by atoms with Crippen LogP contribution in [0.1, 0.15) is 11.1 Å². The van der Waals surface area contributed by atoms with Gasteiger partial charge in [0.1, 0.15) is 5.75 Å². The number of carbonyl (C=O) groups excluding carboxylic acids is 1. The van der Waals surface area contributed by atoms with Crippen molar-refractivity contribution >= 4 is 12.1 Å². The Bertz CT molecular complexity index is 959. The molecule has 1 N–H and O–H groups in total. The van der Waals surface area contributed by atoms with Crippen LogP contribution in [0.3, 0.4) is 0 Å². The van der Waals surface area contributed by atoms with E-state index in [1.807, 2.05) is 48.5 Å². The van der Waals surface area contributed by atoms with Crippen molar-refractivity contribution in [2.24, 2.45) is 5.10 Å². The molecule has 0 aliphatic carbocycles. The molecule has 0 aliphatic heterocycles. The molecular weight excluding hydrogens is 380 g/mol. The van der Waals surface area contributed by atoms with Crippen LogP contribution in [0.15, 0.2) is 84.0 Å². The van der Waals surface area contributed by atoms with Crippen molar-refractivity contribution < 1.29 is 19.0 Å². The quantitative estimate of drug-likeness (QED) is 0.412. The van der Waals surface area contributed by atoms with Crippen molar-refractivity contribution in [2.45, 2.75) is 6.42 Å². The summed E-state index contributed by atoms with van der Waals surface area (Å²) in [5.41, 5.74) is 4.42. The van der Waals surface area contributed by atoms with Gasteiger partial charge in [-0.15, -0.1) is 0 Å². The third kappa shape index (κ3) is 6.67. The number of nitrogens with zero attached hydrogens (tertiary/aromatic N) is 1. The Morgan fingerprint density at radius 3 is 2.40 bits per heavy atom. The minimum absolute atomic E-state index is 0.112. The molecule has 0 heterocycles. The SMILES string of the molecule is COc1cc(/C=N/NC(=O)COc2ccccc2)ccc1OCCc1ccccc1. The first-order valence-electron chi connectivity index (χ1n) is 9.59. The van der Waals surface area contributed by atoms with Crippen LogP contribution in [0.25, 0.3) is 0 Å². The molecule has 0 fully saturated rings. The summed E-state index contributed by atoms with van der Waals surface area (Å²) in [6.45, 7) is 0.435. The first kappa shape index (κ1) is 20.9. The van der Waals surface area contributed by atoms with Crippen molar-refractivity contribution in [2.75, 3.05) is 20.3 Å². The maximum absolute atomic E-state index is 11.8. The van der Waals surface area contributed by atoms with E-state index in [0.717, 1.165) is 12.0 Å². The Labute approximate surface area is 176 Å². The Morgan fingerprint density at radius 2 is 1.67 bits per heavy atom. The third-order valence-electron chi connectivity index (χ3n) is 4.19. The topological polar surface area (TPSA) is 69.2 Å². The molecule has 0 saturated heterocycles. The zero-order chi connectivity index (χ0) is 21.0. The molecule has 1 amide bonds. The van der Waals surface area contributed by atoms with E-state index in [-0.39, 0.29) is 12.5 Å². The molecule has 0 aliphatic rings. The largest absolute Gasteiger partial charge is 0.493 e. The van der Waals surface area contributed by atoms with Crippen LogP contribution in [0.2, 0.25) is 0 Å². The predicted octanol–water partition coefficient (Wildman–Crippen LogP) is 3.85. The molecule has 0 aromatic heterocycles. The van der Waals surface area contributed by atoms with Gasteiger partial charge in [-0.2, -0.15) is 5.10 Å². The van der Waals surface area contributed by atoms with Crippen LogP contribution < -0.4 is 19.6 Å². The minimum atomic E-state index is -0.345. The van der Waals surface area contributed by atoms with Crippen LogP contribution in [0.5, 0.6) is 17.2 Å². The molecule has 154 valence electrons. The number of methoxy groups -OCH3 is 1. The van der Waals surface area contributed by atoms with Crippen molar-refractivity contribution in [3.8, 4) is 17.2 Å². The van der Waals surface area contributed by atoms with Crippen molar-refractivity contribution in [3.05, 3.63) is 90.0 Å². The van der Waals surface area contributed by atoms with Gasteiger partial charge in [-0.05, 0) is 41.5 Å². The van der Waals surface area contributed by atoms with Gasteiger partial charge in [0.05, 0.1) is 19.9 Å². The number of amides is 1. The van der Waals surface area contributed by atoms with E-state index in [0.29, 0.717) is 23.9 Å². The fourth-order valence-electron chi connectivity index (χ4n) is 2.68. The number of benzene rings is 3. The Kier molecular flexibility index (Phi) is 7.85. The van der Waals surface area contributed by atoms with Gasteiger partial charge in [-0.25, -0.2) is 5.43 Å². The molecule has 0 unspecified atom stereocenters. The van der Waals surface area contributed by atoms with Crippen molar-refractivity contribution in [1.29, 1.82) is 0 Å². The molecule has 0 radical (unpaired) electrons. The first-order valence-corrected chi connectivity index (χ1v) is 9.59. The molecule has 3 aromatic rings. The lowest BCUT2D eigenvalue weighted by atomic mass is 10.2. The van der Waals surface area contributed by atoms with E-state index >= 15 is 0 Å². The highest BCUT2D eigenvalue weighted by atomic mass is 16.5. The molecule has 0 spiro atoms. The highest BCUT2D eigenvalue weighted by molar-refractivity contribution is 5.83. The molecule has 0 saturated carbocycles. The Balaban J connectivity index is 1.48. The second kappa shape index (κ2) is 11.3. The third-order valence-corrected chi connectivity index (χ3v) is 4.19. The molecule has 3 rings (SSSR count). The molecular formula is C24H24N2O4. The van der Waals surface area contributed by atoms with E-state index in [2.05, 4.69) is 22.7 Å². The average Bonchev–Trinajstić information content (AvgIpc) is 2.80. The summed E-state index contributed by atoms with van der Waals surface area (Å²) in [6.07, 6.45) is 2.35. The lowest BCUT2D eigenvalue weighted by Crippen LogP contribution is -2.24. The summed E-state index contributed by atoms with van der Waals surface area (Å²) in [4.78, 5) is 11.8. The summed E-state index contributed by atoms with van der Waals surface area (Å²) in [5, 5.41) is 3.96. The maximum Gasteiger partial charge on any atom is 0.277 e. The number of hydrogen-bond acceptors (Lipinski definition) is 5. The number of hydrogen-bond donors (Lipinski definition) is 1. The minimum Gasteiger partial charge on any atom is -0.493 e. The lowest BCUT2D eigenvalue weighted by molar-refractivity contribution is -0.123. The molecule has 6 heteroatoms. The zero-order valence-electron chi connectivity index (χ0n) is 16.8. The fourth-order valence-corrected chi connectivity index (χ4v) is 2.68. The maximum atomic E-state index is 11.8. The monoisotopic (exact) mass is 404 g/mol. The molecule has 0 bridgehead atoms. The normalized spacial score (nSPS) is 10.6. The Hall–Kier alpha value is -3.80. The zero-order valence-corrected chi connectivity index (χ0v) is 16.8. The summed E-state index contributed by atoms with van der Waals surface area (Å²) in [7, 11) is 1.59. The first-order chi connectivity index (χ1) is 14.7. The van der Waals surface area contributed by atoms with Crippen LogP contribution in [0, 0.1) is 0 Å². The molecule has 30 heavy (non-hydrogen) atoms. The van der Waals surface area contributed by atoms with Gasteiger partial charge in [0, 0.05) is 6.42 Å². The summed E-state index contributed by atoms with van der Waals surface area (Å²) >= 11 is 0. The molecule has 6 nitrogen and oxygen atoms in total. The van der Waals surface area contributed by atoms with Gasteiger partial charge >= 0.3 is 0 Å². The average molecular weight is 404 g/mol. The second-order valence-corrected chi connectivity index (χ2v) is 6.39. The van der Waals surface area contributed by atoms with E-state index < -0.39 is 0 Å². The smallest absolute Gasteiger partial charge is 0.277 e. The van der Waals surface area contributed by atoms with Crippen LogP contribution >= 0.6 is 0 Å². The molecule has 0 atom stereocenters. The van der Waals surface area contributed by atoms with Crippen molar-refractivity contribution in [3.63, 3.8) is 0 Å². The number of nitrogens with one attached hydrogen (secondary N) is 1. The van der Waals surface area contributed by atoms with Crippen molar-refractivity contribution in [1.82, 2.24) is 5.43 Å². The fraction of sp³-hybridized carbons (Fsp3) is 0.167. The van der Waals surface area contributed by atoms with E-state index in [9.17, 15) is 4.79 Å². The van der Waals surface area contributed by atoms with E-state index in [1.165, 1.54) is 11.8 Å². The Morgan fingerprint density at radius 1 is 0.933 bits per heavy atom. The highest BCUT2D eigenvalue weighted by Crippen LogP contribution is 2.27. The predicted molar refractivity (Wildman–Crippen MR) is 116 cm³/mol. The van der Waals surface area contributed by atoms with Gasteiger partial charge in [-0.1, -0.05) is 48.5 Å². The summed E-state index contributed by atoms with van der Waals surface area (Å²) in [5.74, 6) is 1.55. The number of ether oxygens (including phenoxy) is 3. The van der Waals surface area contributed by atoms with E-state index in [1.54, 1.807) is 25.3 Å². The standard InChI is InChI=1S/C24H24N2O4/c1-28-23-16-20(12-13-22(23)29-15-14-19-8-4-2-5-9-19)17-25-26-24(27)18-30-21-10-6-3-7-11-21/h2-13,16-17H,14-15,18H2,1H3,(H,26,27)/b25-17+. The lowest BCUT2D eigenvalue weighted by Gasteiger charge is -2.11. The van der Waals surface area contributed by atoms with Crippen LogP contribution in [-0.4, -0.2) is 32.4 Å². The number of hydrazone groups is 1. The van der Waals surface area contributed by atoms with Crippen LogP contribution in [-0.2, 0) is 11.2 Å². The number of para-hydroxylation sites is 1. The number of rotatable bonds is 10. The van der Waals surface area contributed by atoms with Gasteiger partial charge < -0.3 is 14.2 Å². The van der Waals surface area contributed by atoms with Gasteiger partial charge in [0.15, 0.2) is 18.1 Å². The van der Waals surface area contributed by atoms with Gasteiger partial charge in [0.2, 0.25) is 0 Å². The van der Waals surface area contributed by atoms with Gasteiger partial charge in [0.25, 0.3) is 5.91 Å². The second-order valence-electron chi connectivity index (χ2n) is 6.39. The highest BCUT2D eigenvalue weighted by Gasteiger charge is 2.06. The summed E-state index contributed by atoms with van der Waals surface area (Å²) in [6, 6.07) is 24.7. The van der Waals surface area contributed by atoms with E-state index in [4.69, 9.17) is 14.2 Å². The van der Waals surface area contributed by atoms with Crippen LogP contribution in [0.4, 0.5) is 0 Å². The summed E-state index contributed by atoms with van der Waals surface area (Å²) < 4.78 is 16.6. The molecule has 3 aromatic carbocycles. The van der Waals surface area contributed by atoms with Gasteiger partial charge in [-0.3, -0.25) is 4.79 Å². The number of carbonyl (C=O) groups is 1.